The van der Waals surface area contributed by atoms with E-state index in [9.17, 15) is 9.59 Å². The molecule has 2 aromatic rings. The number of rotatable bonds is 2. The molecule has 1 atom stereocenters. The second-order valence-electron chi connectivity index (χ2n) is 8.25. The molecule has 2 aromatic carbocycles. The summed E-state index contributed by atoms with van der Waals surface area (Å²) in [6.07, 6.45) is 5.57. The lowest BCUT2D eigenvalue weighted by Crippen LogP contribution is -2.37. The van der Waals surface area contributed by atoms with Crippen LogP contribution in [0, 0.1) is 19.8 Å². The van der Waals surface area contributed by atoms with Crippen LogP contribution in [-0.2, 0) is 30.8 Å². The minimum Gasteiger partial charge on any atom is -0.400 e. The van der Waals surface area contributed by atoms with Gasteiger partial charge in [-0.2, -0.15) is 0 Å². The largest absolute Gasteiger partial charge is 0.425 e. The molecule has 0 unspecified atom stereocenters. The summed E-state index contributed by atoms with van der Waals surface area (Å²) in [5.41, 5.74) is 13.5. The van der Waals surface area contributed by atoms with Crippen molar-refractivity contribution in [3.05, 3.63) is 83.6 Å². The molecule has 0 spiro atoms. The molecule has 0 radical (unpaired) electrons. The summed E-state index contributed by atoms with van der Waals surface area (Å²) in [5.74, 6) is -0.386. The van der Waals surface area contributed by atoms with Crippen LogP contribution in [0.1, 0.15) is 36.8 Å². The number of hydrogen-bond acceptors (Lipinski definition) is 11. The zero-order valence-electron chi connectivity index (χ0n) is 24.1. The summed E-state index contributed by atoms with van der Waals surface area (Å²) in [6, 6.07) is 20.5. The number of nitrogens with two attached hydrogens (primary N) is 2. The average molecular weight is 631 g/mol. The molecule has 2 aliphatic rings. The quantitative estimate of drug-likeness (QED) is 0.311. The second-order valence-corrected chi connectivity index (χ2v) is 9.07. The van der Waals surface area contributed by atoms with Gasteiger partial charge in [0.2, 0.25) is 11.8 Å². The van der Waals surface area contributed by atoms with Crippen molar-refractivity contribution in [2.24, 2.45) is 17.4 Å². The maximum absolute atomic E-state index is 10.5. The maximum Gasteiger partial charge on any atom is 0.425 e. The number of hydrogen-bond donors (Lipinski definition) is 5. The van der Waals surface area contributed by atoms with Gasteiger partial charge < -0.3 is 27.2 Å². The average Bonchev–Trinajstić information content (AvgIpc) is 2.96. The van der Waals surface area contributed by atoms with Crippen LogP contribution in [0.5, 0.6) is 0 Å². The summed E-state index contributed by atoms with van der Waals surface area (Å²) in [7, 11) is -5.22. The molecule has 1 fully saturated rings. The van der Waals surface area contributed by atoms with Crippen LogP contribution in [-0.4, -0.2) is 68.9 Å². The van der Waals surface area contributed by atoms with Gasteiger partial charge in [0, 0.05) is 32.0 Å². The minimum absolute atomic E-state index is 0.0822. The molecule has 0 saturated carbocycles. The number of aryl methyl sites for hydroxylation is 2. The Morgan fingerprint density at radius 1 is 0.762 bits per heavy atom. The van der Waals surface area contributed by atoms with Gasteiger partial charge in [0.15, 0.2) is 0 Å². The fraction of sp³-hybridized carbons (Fsp3) is 0.407. The predicted molar refractivity (Wildman–Crippen MR) is 159 cm³/mol. The number of aliphatic hydroxyl groups excluding tert-OH is 1. The molecule has 4 rings (SSSR count). The molecular formula is C27H42N4O9S2. The molecule has 2 aliphatic heterocycles. The molecule has 15 heteroatoms. The number of primary amides is 2. The summed E-state index contributed by atoms with van der Waals surface area (Å²) < 4.78 is 50.7. The summed E-state index contributed by atoms with van der Waals surface area (Å²) in [5, 5.41) is 13.1. The van der Waals surface area contributed by atoms with Crippen molar-refractivity contribution >= 4 is 33.0 Å². The fourth-order valence-corrected chi connectivity index (χ4v) is 3.01. The van der Waals surface area contributed by atoms with Crippen molar-refractivity contribution in [2.75, 3.05) is 26.7 Å². The Morgan fingerprint density at radius 3 is 1.38 bits per heavy atom. The zero-order valence-corrected chi connectivity index (χ0v) is 25.7. The van der Waals surface area contributed by atoms with E-state index in [-0.39, 0.29) is 17.7 Å². The number of carbonyl (C=O) groups excluding carboxylic acids is 2. The molecule has 42 heavy (non-hydrogen) atoms. The van der Waals surface area contributed by atoms with Gasteiger partial charge in [0.25, 0.3) is 0 Å². The lowest BCUT2D eigenvalue weighted by Gasteiger charge is -2.18. The lowest BCUT2D eigenvalue weighted by atomic mass is 9.99. The topological polar surface area (TPSA) is 233 Å². The Morgan fingerprint density at radius 2 is 1.19 bits per heavy atom. The van der Waals surface area contributed by atoms with E-state index >= 15 is 0 Å². The van der Waals surface area contributed by atoms with E-state index in [1.807, 2.05) is 36.4 Å². The molecular weight excluding hydrogens is 588 g/mol. The summed E-state index contributed by atoms with van der Waals surface area (Å²) in [4.78, 5) is 21.0. The number of benzene rings is 2. The van der Waals surface area contributed by atoms with Crippen molar-refractivity contribution in [3.8, 4) is 0 Å². The maximum atomic E-state index is 10.5. The van der Waals surface area contributed by atoms with Crippen LogP contribution in [0.15, 0.2) is 72.4 Å². The molecule has 7 N–H and O–H groups in total. The van der Waals surface area contributed by atoms with Crippen LogP contribution in [0.25, 0.3) is 0 Å². The van der Waals surface area contributed by atoms with Crippen molar-refractivity contribution < 1.29 is 39.9 Å². The van der Waals surface area contributed by atoms with Crippen molar-refractivity contribution in [1.29, 1.82) is 0 Å². The minimum atomic E-state index is -3.11. The normalized spacial score (nSPS) is 14.0. The Bertz CT molecular complexity index is 1140. The van der Waals surface area contributed by atoms with Gasteiger partial charge in [-0.05, 0) is 46.1 Å². The van der Waals surface area contributed by atoms with E-state index < -0.39 is 21.2 Å². The van der Waals surface area contributed by atoms with Crippen molar-refractivity contribution in [3.63, 3.8) is 0 Å². The Labute approximate surface area is 250 Å². The number of carbonyl (C=O) groups is 2. The molecule has 0 aliphatic carbocycles. The van der Waals surface area contributed by atoms with Gasteiger partial charge in [-0.3, -0.25) is 9.59 Å². The van der Waals surface area contributed by atoms with Crippen LogP contribution in [0.4, 0.5) is 0 Å². The molecule has 2 amide bonds. The van der Waals surface area contributed by atoms with E-state index in [1.54, 1.807) is 6.20 Å². The molecule has 236 valence electrons. The van der Waals surface area contributed by atoms with Crippen LogP contribution in [0.3, 0.4) is 0 Å². The third-order valence-corrected chi connectivity index (χ3v) is 4.94. The van der Waals surface area contributed by atoms with Gasteiger partial charge in [-0.1, -0.05) is 71.8 Å². The van der Waals surface area contributed by atoms with E-state index in [4.69, 9.17) is 41.8 Å². The van der Waals surface area contributed by atoms with Gasteiger partial charge in [0.1, 0.15) is 0 Å². The first kappa shape index (κ1) is 42.5. The van der Waals surface area contributed by atoms with Gasteiger partial charge in [0.05, 0.1) is 5.92 Å². The molecule has 2 heterocycles. The first-order chi connectivity index (χ1) is 19.9. The third kappa shape index (κ3) is 34.1. The number of piperidine rings is 1. The first-order valence-corrected chi connectivity index (χ1v) is 14.6. The SMILES string of the molecule is CO.Cc1ccccc1.Cc1ccccc1.NC(=O)C1=CNCCC1.NC(=O)[C@@H]1CCCNC1.O=S(=O)=O.O=S(=O)=O. The fourth-order valence-electron chi connectivity index (χ4n) is 3.01. The molecule has 1 saturated heterocycles. The highest BCUT2D eigenvalue weighted by Crippen LogP contribution is 2.08. The Kier molecular flexibility index (Phi) is 30.4. The van der Waals surface area contributed by atoms with E-state index in [0.717, 1.165) is 52.4 Å². The first-order valence-electron chi connectivity index (χ1n) is 12.6. The Balaban J connectivity index is -0.000000440. The van der Waals surface area contributed by atoms with Crippen LogP contribution >= 0.6 is 0 Å². The second kappa shape index (κ2) is 30.0. The Hall–Kier alpha value is -3.92. The predicted octanol–water partition coefficient (Wildman–Crippen LogP) is 0.801. The lowest BCUT2D eigenvalue weighted by molar-refractivity contribution is -0.122. The highest BCUT2D eigenvalue weighted by Gasteiger charge is 2.17. The smallest absolute Gasteiger partial charge is 0.400 e. The van der Waals surface area contributed by atoms with Crippen molar-refractivity contribution in [1.82, 2.24) is 10.6 Å². The highest BCUT2D eigenvalue weighted by molar-refractivity contribution is 7.59. The van der Waals surface area contributed by atoms with Crippen LogP contribution < -0.4 is 22.1 Å². The number of nitrogens with one attached hydrogen (secondary N) is 2. The molecule has 0 aromatic heterocycles. The van der Waals surface area contributed by atoms with Gasteiger partial charge in [-0.25, -0.2) is 0 Å². The van der Waals surface area contributed by atoms with Crippen molar-refractivity contribution in [2.45, 2.75) is 39.5 Å². The van der Waals surface area contributed by atoms with E-state index in [1.165, 1.54) is 11.1 Å². The summed E-state index contributed by atoms with van der Waals surface area (Å²) >= 11 is 0. The molecule has 13 nitrogen and oxygen atoms in total. The van der Waals surface area contributed by atoms with Gasteiger partial charge in [-0.15, -0.1) is 25.3 Å². The standard InChI is InChI=1S/2C7H8.C6H12N2O.C6H10N2O.CH4O.2O3S/c2*1-7-5-3-2-4-6-7;2*7-6(9)5-2-1-3-8-4-5;1-2;2*1-4(2)3/h2*2-6H,1H3;5,8H,1-4H2,(H2,7,9);4,8H,1-3H2,(H2,7,9);2H,1H3;;/t;;5-;;;;/m..1..../s1. The summed E-state index contributed by atoms with van der Waals surface area (Å²) in [6.45, 7) is 6.93. The van der Waals surface area contributed by atoms with Gasteiger partial charge >= 0.3 is 21.2 Å². The van der Waals surface area contributed by atoms with Crippen LogP contribution in [0.2, 0.25) is 0 Å². The monoisotopic (exact) mass is 630 g/mol. The number of amides is 2. The molecule has 0 bridgehead atoms. The zero-order chi connectivity index (χ0) is 32.8. The van der Waals surface area contributed by atoms with E-state index in [0.29, 0.717) is 5.57 Å². The highest BCUT2D eigenvalue weighted by atomic mass is 32.2. The van der Waals surface area contributed by atoms with E-state index in [2.05, 4.69) is 48.7 Å². The third-order valence-electron chi connectivity index (χ3n) is 4.94. The number of aliphatic hydroxyl groups is 1.